The molecule has 0 aromatic carbocycles. The van der Waals surface area contributed by atoms with Crippen molar-refractivity contribution >= 4 is 70.6 Å². The van der Waals surface area contributed by atoms with Crippen molar-refractivity contribution in [1.29, 1.82) is 0 Å². The van der Waals surface area contributed by atoms with Crippen molar-refractivity contribution < 1.29 is 4.74 Å². The third-order valence-electron chi connectivity index (χ3n) is 2.51. The second-order valence-electron chi connectivity index (χ2n) is 3.74. The second kappa shape index (κ2) is 5.77. The van der Waals surface area contributed by atoms with E-state index in [0.29, 0.717) is 0 Å². The van der Waals surface area contributed by atoms with Crippen LogP contribution in [0.5, 0.6) is 0 Å². The highest BCUT2D eigenvalue weighted by molar-refractivity contribution is 8.48. The molecule has 1 nitrogen and oxygen atoms in total. The lowest BCUT2D eigenvalue weighted by Crippen LogP contribution is -1.82. The molecule has 0 spiro atoms. The first-order valence-corrected chi connectivity index (χ1v) is 10.8. The van der Waals surface area contributed by atoms with Crippen molar-refractivity contribution in [2.75, 3.05) is 11.5 Å². The van der Waals surface area contributed by atoms with Crippen LogP contribution in [0, 0.1) is 0 Å². The number of hydrogen-bond donors (Lipinski definition) is 0. The normalized spacial score (nSPS) is 25.7. The van der Waals surface area contributed by atoms with E-state index < -0.39 is 0 Å². The second-order valence-corrected chi connectivity index (χ2v) is 11.3. The summed E-state index contributed by atoms with van der Waals surface area (Å²) in [4.78, 5) is 0. The van der Waals surface area contributed by atoms with E-state index in [2.05, 4.69) is 0 Å². The molecule has 7 heteroatoms. The lowest BCUT2D eigenvalue weighted by atomic mass is 10.3. The van der Waals surface area contributed by atoms with Gasteiger partial charge in [0.1, 0.15) is 0 Å². The van der Waals surface area contributed by atoms with Crippen LogP contribution in [0.15, 0.2) is 51.4 Å². The Morgan fingerprint density at radius 3 is 1.84 bits per heavy atom. The zero-order chi connectivity index (χ0) is 12.7. The van der Waals surface area contributed by atoms with Crippen molar-refractivity contribution in [3.05, 3.63) is 51.4 Å². The Labute approximate surface area is 137 Å². The third kappa shape index (κ3) is 2.70. The highest BCUT2D eigenvalue weighted by atomic mass is 32.3. The van der Waals surface area contributed by atoms with Crippen molar-refractivity contribution in [3.8, 4) is 0 Å². The van der Waals surface area contributed by atoms with Crippen LogP contribution in [-0.2, 0) is 4.74 Å². The number of rotatable bonds is 0. The quantitative estimate of drug-likeness (QED) is 0.521. The topological polar surface area (TPSA) is 9.23 Å². The molecule has 0 unspecified atom stereocenters. The van der Waals surface area contributed by atoms with Crippen molar-refractivity contribution in [2.45, 2.75) is 0 Å². The minimum atomic E-state index is 1.26. The Balaban J connectivity index is 1.53. The van der Waals surface area contributed by atoms with Crippen LogP contribution in [0.1, 0.15) is 0 Å². The molecular weight excluding hydrogens is 353 g/mol. The minimum absolute atomic E-state index is 1.26. The molecule has 0 saturated carbocycles. The molecule has 1 saturated heterocycles. The van der Waals surface area contributed by atoms with Gasteiger partial charge in [-0.2, -0.15) is 0 Å². The summed E-state index contributed by atoms with van der Waals surface area (Å²) in [5, 5.41) is 0. The van der Waals surface area contributed by atoms with Crippen LogP contribution in [-0.4, -0.2) is 11.5 Å². The first-order chi connectivity index (χ1) is 9.40. The molecule has 0 aromatic heterocycles. The predicted octanol–water partition coefficient (Wildman–Crippen LogP) is 5.95. The van der Waals surface area contributed by atoms with Gasteiger partial charge in [-0.25, -0.2) is 0 Å². The van der Waals surface area contributed by atoms with Crippen molar-refractivity contribution in [1.82, 2.24) is 0 Å². The van der Waals surface area contributed by atoms with Gasteiger partial charge in [0.15, 0.2) is 0 Å². The van der Waals surface area contributed by atoms with E-state index in [1.54, 1.807) is 12.5 Å². The standard InChI is InChI=1S/C12H8OS6/c1-3-13-4-2-7(1)8-16-11-12(17-8)19-10(18-11)9-14-5-6-15-9/h1-4H,5-6H2. The third-order valence-corrected chi connectivity index (χ3v) is 11.4. The highest BCUT2D eigenvalue weighted by Crippen LogP contribution is 2.69. The van der Waals surface area contributed by atoms with Crippen LogP contribution in [0.3, 0.4) is 0 Å². The van der Waals surface area contributed by atoms with Gasteiger partial charge in [0.05, 0.1) is 33.7 Å². The van der Waals surface area contributed by atoms with Gasteiger partial charge in [0.25, 0.3) is 0 Å². The van der Waals surface area contributed by atoms with E-state index in [1.165, 1.54) is 38.3 Å². The average molecular weight is 361 g/mol. The Hall–Kier alpha value is 0.600. The maximum Gasteiger partial charge on any atom is 0.0907 e. The van der Waals surface area contributed by atoms with Crippen LogP contribution in [0.25, 0.3) is 0 Å². The van der Waals surface area contributed by atoms with Crippen LogP contribution in [0.2, 0.25) is 0 Å². The molecule has 4 aliphatic heterocycles. The Morgan fingerprint density at radius 1 is 0.684 bits per heavy atom. The molecule has 4 heterocycles. The van der Waals surface area contributed by atoms with Crippen molar-refractivity contribution in [3.63, 3.8) is 0 Å². The van der Waals surface area contributed by atoms with Crippen LogP contribution < -0.4 is 0 Å². The number of hydrogen-bond acceptors (Lipinski definition) is 7. The molecule has 0 N–H and O–H groups in total. The van der Waals surface area contributed by atoms with Gasteiger partial charge in [-0.15, -0.1) is 23.5 Å². The molecule has 0 radical (unpaired) electrons. The van der Waals surface area contributed by atoms with E-state index in [-0.39, 0.29) is 0 Å². The number of thioether (sulfide) groups is 6. The van der Waals surface area contributed by atoms with Crippen LogP contribution >= 0.6 is 70.6 Å². The van der Waals surface area contributed by atoms with Gasteiger partial charge in [-0.1, -0.05) is 47.0 Å². The zero-order valence-corrected chi connectivity index (χ0v) is 14.5. The molecule has 0 atom stereocenters. The summed E-state index contributed by atoms with van der Waals surface area (Å²) >= 11 is 11.7. The summed E-state index contributed by atoms with van der Waals surface area (Å²) in [6.07, 6.45) is 7.56. The zero-order valence-electron chi connectivity index (χ0n) is 9.58. The molecule has 19 heavy (non-hydrogen) atoms. The number of ether oxygens (including phenoxy) is 1. The van der Waals surface area contributed by atoms with Gasteiger partial charge >= 0.3 is 0 Å². The fourth-order valence-corrected chi connectivity index (χ4v) is 11.0. The van der Waals surface area contributed by atoms with Gasteiger partial charge in [-0.3, -0.25) is 0 Å². The first kappa shape index (κ1) is 13.3. The Morgan fingerprint density at radius 2 is 1.21 bits per heavy atom. The SMILES string of the molecule is C1=CC(=C2SC3=C(S2)SC(=C2SCCS2)S3)C=CO1. The van der Waals surface area contributed by atoms with Crippen molar-refractivity contribution in [2.24, 2.45) is 0 Å². The molecule has 4 aliphatic rings. The summed E-state index contributed by atoms with van der Waals surface area (Å²) in [7, 11) is 0. The summed E-state index contributed by atoms with van der Waals surface area (Å²) in [5.74, 6) is 2.53. The Bertz CT molecular complexity index is 539. The summed E-state index contributed by atoms with van der Waals surface area (Å²) in [6, 6.07) is 0. The van der Waals surface area contributed by atoms with E-state index in [0.717, 1.165) is 0 Å². The average Bonchev–Trinajstić information content (AvgIpc) is 3.14. The van der Waals surface area contributed by atoms with E-state index in [4.69, 9.17) is 4.74 Å². The first-order valence-electron chi connectivity index (χ1n) is 5.58. The summed E-state index contributed by atoms with van der Waals surface area (Å²) in [6.45, 7) is 0. The molecule has 0 amide bonds. The molecular formula is C12H8OS6. The van der Waals surface area contributed by atoms with E-state index in [1.807, 2.05) is 82.7 Å². The van der Waals surface area contributed by atoms with Gasteiger partial charge < -0.3 is 4.74 Å². The summed E-state index contributed by atoms with van der Waals surface area (Å²) < 4.78 is 12.4. The molecule has 0 aromatic rings. The minimum Gasteiger partial charge on any atom is -0.473 e. The van der Waals surface area contributed by atoms with E-state index >= 15 is 0 Å². The van der Waals surface area contributed by atoms with Gasteiger partial charge in [0, 0.05) is 17.1 Å². The smallest absolute Gasteiger partial charge is 0.0907 e. The molecule has 0 aliphatic carbocycles. The maximum atomic E-state index is 5.09. The lowest BCUT2D eigenvalue weighted by Gasteiger charge is -2.08. The monoisotopic (exact) mass is 360 g/mol. The van der Waals surface area contributed by atoms with Gasteiger partial charge in [0.2, 0.25) is 0 Å². The Kier molecular flexibility index (Phi) is 4.03. The lowest BCUT2D eigenvalue weighted by molar-refractivity contribution is 0.398. The fourth-order valence-electron chi connectivity index (χ4n) is 1.68. The largest absolute Gasteiger partial charge is 0.473 e. The predicted molar refractivity (Wildman–Crippen MR) is 95.7 cm³/mol. The van der Waals surface area contributed by atoms with Gasteiger partial charge in [-0.05, 0) is 12.2 Å². The fraction of sp³-hybridized carbons (Fsp3) is 0.167. The van der Waals surface area contributed by atoms with E-state index in [9.17, 15) is 0 Å². The molecule has 4 rings (SSSR count). The molecule has 98 valence electrons. The van der Waals surface area contributed by atoms with Crippen LogP contribution in [0.4, 0.5) is 0 Å². The molecule has 0 bridgehead atoms. The maximum absolute atomic E-state index is 5.09. The highest BCUT2D eigenvalue weighted by Gasteiger charge is 2.33. The summed E-state index contributed by atoms with van der Waals surface area (Å²) in [5.41, 5.74) is 1.26. The number of allylic oxidation sites excluding steroid dienone is 3. The molecule has 1 fully saturated rings.